The number of ketones is 1. The molecule has 0 saturated heterocycles. The van der Waals surface area contributed by atoms with Gasteiger partial charge in [0.1, 0.15) is 5.69 Å². The maximum absolute atomic E-state index is 12.5. The van der Waals surface area contributed by atoms with Crippen LogP contribution in [0.5, 0.6) is 0 Å². The maximum Gasteiger partial charge on any atom is 0.416 e. The van der Waals surface area contributed by atoms with Gasteiger partial charge in [0.25, 0.3) is 0 Å². The van der Waals surface area contributed by atoms with Crippen molar-refractivity contribution in [2.75, 3.05) is 0 Å². The standard InChI is InChI=1S/C14H12ClF3N2O/c1-2-7-20-12(11(15)8-19-20)13(21)9-3-5-10(6-4-9)14(16,17)18/h3-6,8H,2,7H2,1H3. The van der Waals surface area contributed by atoms with Crippen LogP contribution in [0.4, 0.5) is 13.2 Å². The quantitative estimate of drug-likeness (QED) is 0.792. The molecule has 0 aliphatic carbocycles. The van der Waals surface area contributed by atoms with Crippen molar-refractivity contribution in [1.82, 2.24) is 9.78 Å². The van der Waals surface area contributed by atoms with E-state index in [4.69, 9.17) is 11.6 Å². The lowest BCUT2D eigenvalue weighted by atomic mass is 10.1. The van der Waals surface area contributed by atoms with Gasteiger partial charge in [0, 0.05) is 12.1 Å². The second-order valence-corrected chi connectivity index (χ2v) is 4.88. The largest absolute Gasteiger partial charge is 0.416 e. The van der Waals surface area contributed by atoms with Crippen LogP contribution in [0.1, 0.15) is 35.0 Å². The summed E-state index contributed by atoms with van der Waals surface area (Å²) in [5.74, 6) is -0.445. The summed E-state index contributed by atoms with van der Waals surface area (Å²) < 4.78 is 39.0. The molecule has 0 spiro atoms. The number of hydrogen-bond acceptors (Lipinski definition) is 2. The Morgan fingerprint density at radius 2 is 1.90 bits per heavy atom. The van der Waals surface area contributed by atoms with E-state index >= 15 is 0 Å². The molecule has 0 unspecified atom stereocenters. The molecule has 0 radical (unpaired) electrons. The molecule has 21 heavy (non-hydrogen) atoms. The number of rotatable bonds is 4. The molecule has 3 nitrogen and oxygen atoms in total. The zero-order chi connectivity index (χ0) is 15.6. The number of nitrogens with zero attached hydrogens (tertiary/aromatic N) is 2. The minimum atomic E-state index is -4.43. The van der Waals surface area contributed by atoms with Crippen LogP contribution in [0.25, 0.3) is 0 Å². The number of hydrogen-bond donors (Lipinski definition) is 0. The molecule has 1 heterocycles. The lowest BCUT2D eigenvalue weighted by molar-refractivity contribution is -0.137. The summed E-state index contributed by atoms with van der Waals surface area (Å²) in [6, 6.07) is 4.04. The van der Waals surface area contributed by atoms with Crippen LogP contribution in [-0.2, 0) is 12.7 Å². The van der Waals surface area contributed by atoms with E-state index in [0.717, 1.165) is 30.7 Å². The van der Waals surface area contributed by atoms with E-state index in [1.165, 1.54) is 10.9 Å². The molecule has 112 valence electrons. The van der Waals surface area contributed by atoms with E-state index in [0.29, 0.717) is 6.54 Å². The van der Waals surface area contributed by atoms with Crippen LogP contribution in [0, 0.1) is 0 Å². The van der Waals surface area contributed by atoms with E-state index in [9.17, 15) is 18.0 Å². The summed E-state index contributed by atoms with van der Waals surface area (Å²) in [5.41, 5.74) is -0.465. The van der Waals surface area contributed by atoms with Crippen LogP contribution in [0.3, 0.4) is 0 Å². The molecule has 0 aliphatic rings. The Kier molecular flexibility index (Phi) is 4.37. The number of carbonyl (C=O) groups is 1. The van der Waals surface area contributed by atoms with Crippen molar-refractivity contribution in [3.05, 3.63) is 52.3 Å². The normalized spacial score (nSPS) is 11.7. The van der Waals surface area contributed by atoms with Crippen LogP contribution >= 0.6 is 11.6 Å². The van der Waals surface area contributed by atoms with Gasteiger partial charge >= 0.3 is 6.18 Å². The molecule has 0 amide bonds. The Morgan fingerprint density at radius 1 is 1.29 bits per heavy atom. The van der Waals surface area contributed by atoms with Gasteiger partial charge in [0.15, 0.2) is 0 Å². The van der Waals surface area contributed by atoms with Crippen molar-refractivity contribution >= 4 is 17.4 Å². The molecule has 0 atom stereocenters. The number of aryl methyl sites for hydroxylation is 1. The average Bonchev–Trinajstić information content (AvgIpc) is 2.79. The minimum absolute atomic E-state index is 0.141. The third-order valence-electron chi connectivity index (χ3n) is 2.92. The number of benzene rings is 1. The van der Waals surface area contributed by atoms with Gasteiger partial charge < -0.3 is 0 Å². The van der Waals surface area contributed by atoms with E-state index in [2.05, 4.69) is 5.10 Å². The van der Waals surface area contributed by atoms with Gasteiger partial charge in [-0.3, -0.25) is 9.48 Å². The predicted octanol–water partition coefficient (Wildman–Crippen LogP) is 4.20. The van der Waals surface area contributed by atoms with Gasteiger partial charge in [0.2, 0.25) is 5.78 Å². The monoisotopic (exact) mass is 316 g/mol. The maximum atomic E-state index is 12.5. The Balaban J connectivity index is 2.34. The van der Waals surface area contributed by atoms with Crippen LogP contribution in [-0.4, -0.2) is 15.6 Å². The van der Waals surface area contributed by atoms with Crippen molar-refractivity contribution in [3.63, 3.8) is 0 Å². The van der Waals surface area contributed by atoms with E-state index in [1.807, 2.05) is 6.92 Å². The highest BCUT2D eigenvalue weighted by atomic mass is 35.5. The molecule has 7 heteroatoms. The number of alkyl halides is 3. The fourth-order valence-corrected chi connectivity index (χ4v) is 2.14. The highest BCUT2D eigenvalue weighted by Gasteiger charge is 2.30. The van der Waals surface area contributed by atoms with Gasteiger partial charge in [-0.05, 0) is 18.6 Å². The van der Waals surface area contributed by atoms with E-state index in [-0.39, 0.29) is 16.3 Å². The first kappa shape index (κ1) is 15.6. The summed E-state index contributed by atoms with van der Waals surface area (Å²) in [4.78, 5) is 12.4. The Bertz CT molecular complexity index is 647. The molecule has 0 aliphatic heterocycles. The Labute approximate surface area is 124 Å². The first-order valence-corrected chi connectivity index (χ1v) is 6.65. The van der Waals surface area contributed by atoms with Gasteiger partial charge in [-0.15, -0.1) is 0 Å². The first-order chi connectivity index (χ1) is 9.84. The first-order valence-electron chi connectivity index (χ1n) is 6.28. The summed E-state index contributed by atoms with van der Waals surface area (Å²) >= 11 is 5.95. The molecule has 2 aromatic rings. The van der Waals surface area contributed by atoms with Crippen molar-refractivity contribution in [2.24, 2.45) is 0 Å². The lowest BCUT2D eigenvalue weighted by Crippen LogP contribution is -2.12. The highest BCUT2D eigenvalue weighted by Crippen LogP contribution is 2.29. The zero-order valence-electron chi connectivity index (χ0n) is 11.1. The third-order valence-corrected chi connectivity index (χ3v) is 3.20. The molecule has 1 aromatic carbocycles. The van der Waals surface area contributed by atoms with E-state index in [1.54, 1.807) is 0 Å². The van der Waals surface area contributed by atoms with Gasteiger partial charge in [0.05, 0.1) is 16.8 Å². The fraction of sp³-hybridized carbons (Fsp3) is 0.286. The number of halogens is 4. The molecular weight excluding hydrogens is 305 g/mol. The molecule has 0 fully saturated rings. The second-order valence-electron chi connectivity index (χ2n) is 4.47. The van der Waals surface area contributed by atoms with Crippen molar-refractivity contribution in [2.45, 2.75) is 26.1 Å². The second kappa shape index (κ2) is 5.89. The molecule has 0 saturated carbocycles. The van der Waals surface area contributed by atoms with Gasteiger partial charge in [-0.1, -0.05) is 30.7 Å². The molecule has 2 rings (SSSR count). The highest BCUT2D eigenvalue weighted by molar-refractivity contribution is 6.34. The predicted molar refractivity (Wildman–Crippen MR) is 72.4 cm³/mol. The Hall–Kier alpha value is -1.82. The minimum Gasteiger partial charge on any atom is -0.287 e. The van der Waals surface area contributed by atoms with Crippen molar-refractivity contribution < 1.29 is 18.0 Å². The summed E-state index contributed by atoms with van der Waals surface area (Å²) in [5, 5.41) is 4.18. The van der Waals surface area contributed by atoms with Gasteiger partial charge in [-0.2, -0.15) is 18.3 Å². The smallest absolute Gasteiger partial charge is 0.287 e. The van der Waals surface area contributed by atoms with Crippen molar-refractivity contribution in [1.29, 1.82) is 0 Å². The topological polar surface area (TPSA) is 34.9 Å². The number of carbonyl (C=O) groups excluding carboxylic acids is 1. The van der Waals surface area contributed by atoms with Crippen LogP contribution in [0.2, 0.25) is 5.02 Å². The van der Waals surface area contributed by atoms with E-state index < -0.39 is 17.5 Å². The number of aromatic nitrogens is 2. The van der Waals surface area contributed by atoms with Crippen LogP contribution < -0.4 is 0 Å². The fourth-order valence-electron chi connectivity index (χ4n) is 1.92. The summed E-state index contributed by atoms with van der Waals surface area (Å²) in [6.45, 7) is 2.43. The average molecular weight is 317 g/mol. The van der Waals surface area contributed by atoms with Crippen LogP contribution in [0.15, 0.2) is 30.5 Å². The molecule has 1 aromatic heterocycles. The molecule has 0 N–H and O–H groups in total. The summed E-state index contributed by atoms with van der Waals surface area (Å²) in [6.07, 6.45) is -2.32. The lowest BCUT2D eigenvalue weighted by Gasteiger charge is -2.08. The Morgan fingerprint density at radius 3 is 2.43 bits per heavy atom. The zero-order valence-corrected chi connectivity index (χ0v) is 11.9. The third kappa shape index (κ3) is 3.26. The SMILES string of the molecule is CCCn1ncc(Cl)c1C(=O)c1ccc(C(F)(F)F)cc1. The summed E-state index contributed by atoms with van der Waals surface area (Å²) in [7, 11) is 0. The van der Waals surface area contributed by atoms with Crippen molar-refractivity contribution in [3.8, 4) is 0 Å². The van der Waals surface area contributed by atoms with Gasteiger partial charge in [-0.25, -0.2) is 0 Å². The molecular formula is C14H12ClF3N2O. The molecule has 0 bridgehead atoms.